The highest BCUT2D eigenvalue weighted by molar-refractivity contribution is 6.30. The number of aromatic nitrogens is 2. The van der Waals surface area contributed by atoms with E-state index in [1.807, 2.05) is 50.4 Å². The Morgan fingerprint density at radius 2 is 1.82 bits per heavy atom. The Bertz CT molecular complexity index is 871. The Morgan fingerprint density at radius 1 is 1.14 bits per heavy atom. The Kier molecular flexibility index (Phi) is 3.96. The first-order chi connectivity index (χ1) is 10.6. The van der Waals surface area contributed by atoms with Crippen LogP contribution in [0.3, 0.4) is 0 Å². The largest absolute Gasteiger partial charge is 0.311 e. The van der Waals surface area contributed by atoms with Gasteiger partial charge in [0.25, 0.3) is 5.56 Å². The van der Waals surface area contributed by atoms with Crippen molar-refractivity contribution in [1.82, 2.24) is 15.3 Å². The van der Waals surface area contributed by atoms with Crippen molar-refractivity contribution in [3.8, 4) is 11.1 Å². The predicted octanol–water partition coefficient (Wildman–Crippen LogP) is 3.52. The monoisotopic (exact) mass is 313 g/mol. The van der Waals surface area contributed by atoms with Gasteiger partial charge in [0.15, 0.2) is 0 Å². The lowest BCUT2D eigenvalue weighted by Crippen LogP contribution is -2.20. The topological polar surface area (TPSA) is 57.8 Å². The molecule has 0 saturated heterocycles. The molecule has 0 aliphatic rings. The standard InChI is InChI=1S/C17H16ClN3O/c1-10(19-2)16-20-15-9-12(5-8-14(15)17(22)21-16)11-3-6-13(18)7-4-11/h3-10,19H,1-2H3,(H,20,21,22). The summed E-state index contributed by atoms with van der Waals surface area (Å²) in [5.74, 6) is 0.633. The van der Waals surface area contributed by atoms with Gasteiger partial charge in [0.05, 0.1) is 16.9 Å². The number of halogens is 1. The fraction of sp³-hybridized carbons (Fsp3) is 0.176. The highest BCUT2D eigenvalue weighted by atomic mass is 35.5. The minimum atomic E-state index is -0.121. The quantitative estimate of drug-likeness (QED) is 0.778. The van der Waals surface area contributed by atoms with Crippen molar-refractivity contribution in [1.29, 1.82) is 0 Å². The normalized spacial score (nSPS) is 12.5. The van der Waals surface area contributed by atoms with Gasteiger partial charge in [-0.2, -0.15) is 0 Å². The van der Waals surface area contributed by atoms with Crippen LogP contribution < -0.4 is 10.9 Å². The van der Waals surface area contributed by atoms with E-state index in [0.717, 1.165) is 11.1 Å². The SMILES string of the molecule is CNC(C)c1nc2cc(-c3ccc(Cl)cc3)ccc2c(=O)[nH]1. The van der Waals surface area contributed by atoms with Gasteiger partial charge in [-0.15, -0.1) is 0 Å². The molecule has 22 heavy (non-hydrogen) atoms. The highest BCUT2D eigenvalue weighted by Crippen LogP contribution is 2.24. The minimum absolute atomic E-state index is 0.0173. The molecular weight excluding hydrogens is 298 g/mol. The molecule has 0 fully saturated rings. The Labute approximate surface area is 133 Å². The van der Waals surface area contributed by atoms with Crippen LogP contribution in [0, 0.1) is 0 Å². The summed E-state index contributed by atoms with van der Waals surface area (Å²) in [5, 5.41) is 4.36. The molecule has 0 radical (unpaired) electrons. The van der Waals surface area contributed by atoms with Crippen molar-refractivity contribution in [3.63, 3.8) is 0 Å². The summed E-state index contributed by atoms with van der Waals surface area (Å²) in [4.78, 5) is 19.6. The van der Waals surface area contributed by atoms with Gasteiger partial charge in [-0.05, 0) is 49.4 Å². The lowest BCUT2D eigenvalue weighted by Gasteiger charge is -2.10. The van der Waals surface area contributed by atoms with E-state index in [0.29, 0.717) is 21.7 Å². The van der Waals surface area contributed by atoms with Crippen molar-refractivity contribution in [2.45, 2.75) is 13.0 Å². The van der Waals surface area contributed by atoms with E-state index in [9.17, 15) is 4.79 Å². The van der Waals surface area contributed by atoms with Gasteiger partial charge in [-0.1, -0.05) is 29.8 Å². The van der Waals surface area contributed by atoms with Crippen molar-refractivity contribution in [2.75, 3.05) is 7.05 Å². The molecule has 0 bridgehead atoms. The minimum Gasteiger partial charge on any atom is -0.311 e. The van der Waals surface area contributed by atoms with Gasteiger partial charge in [0.1, 0.15) is 5.82 Å². The molecule has 0 aliphatic carbocycles. The molecule has 1 unspecified atom stereocenters. The molecule has 4 nitrogen and oxygen atoms in total. The van der Waals surface area contributed by atoms with Gasteiger partial charge < -0.3 is 10.3 Å². The maximum absolute atomic E-state index is 12.2. The molecule has 5 heteroatoms. The van der Waals surface area contributed by atoms with Crippen LogP contribution in [0.2, 0.25) is 5.02 Å². The molecule has 1 heterocycles. The van der Waals surface area contributed by atoms with E-state index in [1.54, 1.807) is 6.07 Å². The molecule has 2 N–H and O–H groups in total. The Balaban J connectivity index is 2.15. The molecule has 3 rings (SSSR count). The zero-order chi connectivity index (χ0) is 15.7. The summed E-state index contributed by atoms with van der Waals surface area (Å²) in [7, 11) is 1.83. The number of nitrogens with one attached hydrogen (secondary N) is 2. The second kappa shape index (κ2) is 5.91. The van der Waals surface area contributed by atoms with Gasteiger partial charge in [-0.25, -0.2) is 4.98 Å². The third-order valence-electron chi connectivity index (χ3n) is 3.75. The van der Waals surface area contributed by atoms with Crippen molar-refractivity contribution >= 4 is 22.5 Å². The second-order valence-corrected chi connectivity index (χ2v) is 5.64. The highest BCUT2D eigenvalue weighted by Gasteiger charge is 2.10. The van der Waals surface area contributed by atoms with Crippen LogP contribution in [0.15, 0.2) is 47.3 Å². The van der Waals surface area contributed by atoms with Crippen molar-refractivity contribution in [2.24, 2.45) is 0 Å². The number of hydrogen-bond acceptors (Lipinski definition) is 3. The third-order valence-corrected chi connectivity index (χ3v) is 4.00. The predicted molar refractivity (Wildman–Crippen MR) is 90.3 cm³/mol. The van der Waals surface area contributed by atoms with Crippen LogP contribution in [0.1, 0.15) is 18.8 Å². The average molecular weight is 314 g/mol. The maximum Gasteiger partial charge on any atom is 0.258 e. The number of hydrogen-bond donors (Lipinski definition) is 2. The smallest absolute Gasteiger partial charge is 0.258 e. The fourth-order valence-corrected chi connectivity index (χ4v) is 2.45. The first-order valence-corrected chi connectivity index (χ1v) is 7.43. The summed E-state index contributed by atoms with van der Waals surface area (Å²) in [5.41, 5.74) is 2.61. The first kappa shape index (κ1) is 14.8. The lowest BCUT2D eigenvalue weighted by molar-refractivity contribution is 0.611. The number of nitrogens with zero attached hydrogens (tertiary/aromatic N) is 1. The van der Waals surface area contributed by atoms with Crippen LogP contribution in [0.4, 0.5) is 0 Å². The van der Waals surface area contributed by atoms with Gasteiger partial charge in [0.2, 0.25) is 0 Å². The summed E-state index contributed by atoms with van der Waals surface area (Å²) < 4.78 is 0. The van der Waals surface area contributed by atoms with E-state index < -0.39 is 0 Å². The Morgan fingerprint density at radius 3 is 2.50 bits per heavy atom. The lowest BCUT2D eigenvalue weighted by atomic mass is 10.0. The van der Waals surface area contributed by atoms with Crippen molar-refractivity contribution in [3.05, 3.63) is 63.7 Å². The molecule has 1 aromatic heterocycles. The van der Waals surface area contributed by atoms with Crippen LogP contribution >= 0.6 is 11.6 Å². The summed E-state index contributed by atoms with van der Waals surface area (Å²) in [6, 6.07) is 13.2. The number of aromatic amines is 1. The summed E-state index contributed by atoms with van der Waals surface area (Å²) in [6.07, 6.45) is 0. The van der Waals surface area contributed by atoms with Crippen LogP contribution in [0.5, 0.6) is 0 Å². The summed E-state index contributed by atoms with van der Waals surface area (Å²) in [6.45, 7) is 1.95. The van der Waals surface area contributed by atoms with Crippen molar-refractivity contribution < 1.29 is 0 Å². The molecule has 0 aliphatic heterocycles. The molecular formula is C17H16ClN3O. The number of rotatable bonds is 3. The Hall–Kier alpha value is -2.17. The number of H-pyrrole nitrogens is 1. The molecule has 1 atom stereocenters. The molecule has 0 spiro atoms. The number of benzene rings is 2. The molecule has 3 aromatic rings. The van der Waals surface area contributed by atoms with E-state index in [4.69, 9.17) is 11.6 Å². The fourth-order valence-electron chi connectivity index (χ4n) is 2.32. The second-order valence-electron chi connectivity index (χ2n) is 5.20. The molecule has 2 aromatic carbocycles. The van der Waals surface area contributed by atoms with Gasteiger partial charge in [0, 0.05) is 5.02 Å². The van der Waals surface area contributed by atoms with Crippen LogP contribution in [-0.2, 0) is 0 Å². The van der Waals surface area contributed by atoms with Crippen LogP contribution in [0.25, 0.3) is 22.0 Å². The van der Waals surface area contributed by atoms with E-state index >= 15 is 0 Å². The van der Waals surface area contributed by atoms with Crippen LogP contribution in [-0.4, -0.2) is 17.0 Å². The summed E-state index contributed by atoms with van der Waals surface area (Å²) >= 11 is 5.92. The van der Waals surface area contributed by atoms with E-state index in [1.165, 1.54) is 0 Å². The van der Waals surface area contributed by atoms with Gasteiger partial charge in [-0.3, -0.25) is 4.79 Å². The molecule has 0 saturated carbocycles. The first-order valence-electron chi connectivity index (χ1n) is 7.05. The van der Waals surface area contributed by atoms with Gasteiger partial charge >= 0.3 is 0 Å². The zero-order valence-electron chi connectivity index (χ0n) is 12.4. The number of fused-ring (bicyclic) bond motifs is 1. The van der Waals surface area contributed by atoms with E-state index in [-0.39, 0.29) is 11.6 Å². The maximum atomic E-state index is 12.2. The zero-order valence-corrected chi connectivity index (χ0v) is 13.1. The molecule has 112 valence electrons. The molecule has 0 amide bonds. The average Bonchev–Trinajstić information content (AvgIpc) is 2.54. The van der Waals surface area contributed by atoms with E-state index in [2.05, 4.69) is 15.3 Å². The third kappa shape index (κ3) is 2.75.